The molecule has 2 heterocycles. The number of hydrogen-bond acceptors (Lipinski definition) is 5. The lowest BCUT2D eigenvalue weighted by molar-refractivity contribution is 0.0389. The molecule has 7 heteroatoms. The average Bonchev–Trinajstić information content (AvgIpc) is 2.93. The minimum absolute atomic E-state index is 0.510. The third-order valence-corrected chi connectivity index (χ3v) is 2.95. The van der Waals surface area contributed by atoms with E-state index in [4.69, 9.17) is 21.4 Å². The molecule has 0 radical (unpaired) electrons. The first-order chi connectivity index (χ1) is 9.34. The van der Waals surface area contributed by atoms with Crippen molar-refractivity contribution in [2.45, 2.75) is 0 Å². The molecule has 1 saturated heterocycles. The summed E-state index contributed by atoms with van der Waals surface area (Å²) in [6, 6.07) is 3.63. The van der Waals surface area contributed by atoms with Crippen LogP contribution in [0.5, 0.6) is 0 Å². The van der Waals surface area contributed by atoms with Gasteiger partial charge in [-0.3, -0.25) is 10.3 Å². The van der Waals surface area contributed by atoms with Gasteiger partial charge in [-0.2, -0.15) is 5.10 Å². The Hall–Kier alpha value is -1.44. The molecule has 0 aromatic carbocycles. The fraction of sp³-hybridized carbons (Fsp3) is 0.500. The maximum atomic E-state index is 5.29. The zero-order valence-electron chi connectivity index (χ0n) is 10.7. The molecule has 1 fully saturated rings. The van der Waals surface area contributed by atoms with E-state index >= 15 is 0 Å². The second kappa shape index (κ2) is 7.88. The van der Waals surface area contributed by atoms with E-state index in [-0.39, 0.29) is 0 Å². The Morgan fingerprint density at radius 3 is 3.05 bits per heavy atom. The van der Waals surface area contributed by atoms with Gasteiger partial charge >= 0.3 is 0 Å². The van der Waals surface area contributed by atoms with Crippen molar-refractivity contribution in [3.05, 3.63) is 24.2 Å². The Balaban J connectivity index is 1.56. The van der Waals surface area contributed by atoms with E-state index in [1.54, 1.807) is 18.5 Å². The Morgan fingerprint density at radius 1 is 1.47 bits per heavy atom. The van der Waals surface area contributed by atoms with E-state index in [1.165, 1.54) is 0 Å². The van der Waals surface area contributed by atoms with E-state index in [0.29, 0.717) is 10.9 Å². The summed E-state index contributed by atoms with van der Waals surface area (Å²) in [6.07, 6.45) is 3.18. The molecule has 1 aliphatic heterocycles. The summed E-state index contributed by atoms with van der Waals surface area (Å²) in [5.41, 5.74) is 2.75. The Bertz CT molecular complexity index is 402. The molecular weight excluding hydrogens is 264 g/mol. The predicted octanol–water partition coefficient (Wildman–Crippen LogP) is 0.410. The van der Waals surface area contributed by atoms with Crippen LogP contribution in [0.1, 0.15) is 5.76 Å². The number of hydrazone groups is 1. The maximum absolute atomic E-state index is 5.29. The van der Waals surface area contributed by atoms with Crippen molar-refractivity contribution < 1.29 is 9.15 Å². The van der Waals surface area contributed by atoms with Crippen LogP contribution in [-0.4, -0.2) is 55.6 Å². The van der Waals surface area contributed by atoms with E-state index in [2.05, 4.69) is 20.7 Å². The van der Waals surface area contributed by atoms with Gasteiger partial charge in [0, 0.05) is 26.2 Å². The highest BCUT2D eigenvalue weighted by Crippen LogP contribution is 1.95. The molecule has 0 atom stereocenters. The van der Waals surface area contributed by atoms with Crippen LogP contribution in [0.25, 0.3) is 0 Å². The number of furan rings is 1. The van der Waals surface area contributed by atoms with Crippen LogP contribution in [0, 0.1) is 0 Å². The molecule has 0 bridgehead atoms. The van der Waals surface area contributed by atoms with E-state index in [9.17, 15) is 0 Å². The second-order valence-corrected chi connectivity index (χ2v) is 4.50. The number of ether oxygens (including phenoxy) is 1. The van der Waals surface area contributed by atoms with Crippen LogP contribution in [0.3, 0.4) is 0 Å². The Kier molecular flexibility index (Phi) is 5.80. The van der Waals surface area contributed by atoms with Crippen molar-refractivity contribution in [1.82, 2.24) is 15.6 Å². The quantitative estimate of drug-likeness (QED) is 0.463. The van der Waals surface area contributed by atoms with Crippen molar-refractivity contribution in [2.24, 2.45) is 5.10 Å². The van der Waals surface area contributed by atoms with E-state index < -0.39 is 0 Å². The molecule has 6 nitrogen and oxygen atoms in total. The molecule has 0 spiro atoms. The second-order valence-electron chi connectivity index (χ2n) is 4.10. The lowest BCUT2D eigenvalue weighted by Crippen LogP contribution is -2.42. The monoisotopic (exact) mass is 282 g/mol. The van der Waals surface area contributed by atoms with Gasteiger partial charge in [-0.25, -0.2) is 0 Å². The van der Waals surface area contributed by atoms with Crippen molar-refractivity contribution in [2.75, 3.05) is 39.4 Å². The third-order valence-electron chi connectivity index (χ3n) is 2.72. The maximum Gasteiger partial charge on any atom is 0.187 e. The van der Waals surface area contributed by atoms with Crippen LogP contribution in [-0.2, 0) is 4.74 Å². The molecule has 1 aromatic heterocycles. The van der Waals surface area contributed by atoms with Gasteiger partial charge in [-0.15, -0.1) is 0 Å². The zero-order valence-corrected chi connectivity index (χ0v) is 11.5. The summed E-state index contributed by atoms with van der Waals surface area (Å²) in [6.45, 7) is 5.35. The van der Waals surface area contributed by atoms with Crippen LogP contribution in [0.2, 0.25) is 0 Å². The van der Waals surface area contributed by atoms with Gasteiger partial charge in [0.1, 0.15) is 5.76 Å². The topological polar surface area (TPSA) is 62.0 Å². The smallest absolute Gasteiger partial charge is 0.187 e. The lowest BCUT2D eigenvalue weighted by atomic mass is 10.4. The van der Waals surface area contributed by atoms with Gasteiger partial charge in [0.15, 0.2) is 5.11 Å². The summed E-state index contributed by atoms with van der Waals surface area (Å²) in [4.78, 5) is 2.34. The SMILES string of the molecule is S=C(NCCN1CCOCC1)N/N=C/c1ccco1. The summed E-state index contributed by atoms with van der Waals surface area (Å²) >= 11 is 5.11. The first-order valence-corrected chi connectivity index (χ1v) is 6.66. The fourth-order valence-corrected chi connectivity index (χ4v) is 1.87. The average molecular weight is 282 g/mol. The van der Waals surface area contributed by atoms with Crippen LogP contribution in [0.4, 0.5) is 0 Å². The summed E-state index contributed by atoms with van der Waals surface area (Å²) in [7, 11) is 0. The number of rotatable bonds is 5. The normalized spacial score (nSPS) is 16.6. The lowest BCUT2D eigenvalue weighted by Gasteiger charge is -2.26. The number of nitrogens with one attached hydrogen (secondary N) is 2. The molecule has 19 heavy (non-hydrogen) atoms. The van der Waals surface area contributed by atoms with Gasteiger partial charge in [0.2, 0.25) is 0 Å². The number of morpholine rings is 1. The highest BCUT2D eigenvalue weighted by atomic mass is 32.1. The van der Waals surface area contributed by atoms with E-state index in [1.807, 2.05) is 6.07 Å². The molecule has 2 N–H and O–H groups in total. The van der Waals surface area contributed by atoms with Gasteiger partial charge < -0.3 is 14.5 Å². The number of hydrogen-bond donors (Lipinski definition) is 2. The third kappa shape index (κ3) is 5.37. The molecular formula is C12H18N4O2S. The molecule has 0 aliphatic carbocycles. The fourth-order valence-electron chi connectivity index (χ4n) is 1.71. The summed E-state index contributed by atoms with van der Waals surface area (Å²) in [5.74, 6) is 0.684. The standard InChI is InChI=1S/C12H18N4O2S/c19-12(15-14-10-11-2-1-7-18-11)13-3-4-16-5-8-17-9-6-16/h1-2,7,10H,3-6,8-9H2,(H2,13,15,19)/b14-10+. The van der Waals surface area contributed by atoms with Gasteiger partial charge in [0.25, 0.3) is 0 Å². The summed E-state index contributed by atoms with van der Waals surface area (Å²) < 4.78 is 10.4. The van der Waals surface area contributed by atoms with E-state index in [0.717, 1.165) is 39.4 Å². The molecule has 0 unspecified atom stereocenters. The molecule has 2 rings (SSSR count). The van der Waals surface area contributed by atoms with Crippen LogP contribution >= 0.6 is 12.2 Å². The first-order valence-electron chi connectivity index (χ1n) is 6.25. The Labute approximate surface area is 117 Å². The zero-order chi connectivity index (χ0) is 13.3. The Morgan fingerprint density at radius 2 is 2.32 bits per heavy atom. The number of nitrogens with zero attached hydrogens (tertiary/aromatic N) is 2. The largest absolute Gasteiger partial charge is 0.463 e. The van der Waals surface area contributed by atoms with Crippen molar-refractivity contribution in [1.29, 1.82) is 0 Å². The molecule has 1 aliphatic rings. The predicted molar refractivity (Wildman–Crippen MR) is 77.3 cm³/mol. The minimum Gasteiger partial charge on any atom is -0.463 e. The first kappa shape index (κ1) is 14.0. The molecule has 104 valence electrons. The molecule has 1 aromatic rings. The molecule has 0 saturated carbocycles. The van der Waals surface area contributed by atoms with Crippen molar-refractivity contribution in [3.63, 3.8) is 0 Å². The van der Waals surface area contributed by atoms with Crippen LogP contribution < -0.4 is 10.7 Å². The molecule has 0 amide bonds. The highest BCUT2D eigenvalue weighted by molar-refractivity contribution is 7.80. The summed E-state index contributed by atoms with van der Waals surface area (Å²) in [5, 5.41) is 7.59. The van der Waals surface area contributed by atoms with Gasteiger partial charge in [0.05, 0.1) is 25.7 Å². The minimum atomic E-state index is 0.510. The number of thiocarbonyl (C=S) groups is 1. The highest BCUT2D eigenvalue weighted by Gasteiger charge is 2.09. The van der Waals surface area contributed by atoms with Crippen molar-refractivity contribution in [3.8, 4) is 0 Å². The van der Waals surface area contributed by atoms with Gasteiger partial charge in [-0.05, 0) is 24.4 Å². The van der Waals surface area contributed by atoms with Crippen LogP contribution in [0.15, 0.2) is 27.9 Å². The van der Waals surface area contributed by atoms with Gasteiger partial charge in [-0.1, -0.05) is 0 Å². The van der Waals surface area contributed by atoms with Crippen molar-refractivity contribution >= 4 is 23.5 Å².